The number of non-ortho nitro benzene ring substituents is 1. The summed E-state index contributed by atoms with van der Waals surface area (Å²) in [6.45, 7) is 0. The maximum Gasteiger partial charge on any atom is 0.340 e. The summed E-state index contributed by atoms with van der Waals surface area (Å²) in [5, 5.41) is 43.2. The molecule has 37 heavy (non-hydrogen) atoms. The van der Waals surface area contributed by atoms with E-state index in [9.17, 15) is 35.2 Å². The minimum absolute atomic E-state index is 0.00497. The molecule has 4 aromatic carbocycles. The maximum atomic E-state index is 13.5. The average Bonchev–Trinajstić information content (AvgIpc) is 3.16. The van der Waals surface area contributed by atoms with E-state index < -0.39 is 32.8 Å². The summed E-state index contributed by atoms with van der Waals surface area (Å²) in [6.07, 6.45) is 0. The summed E-state index contributed by atoms with van der Waals surface area (Å²) < 4.78 is 12.0. The third-order valence-corrected chi connectivity index (χ3v) is 6.48. The smallest absolute Gasteiger partial charge is 0.340 e. The van der Waals surface area contributed by atoms with Crippen molar-refractivity contribution in [2.24, 2.45) is 0 Å². The molecule has 0 bridgehead atoms. The number of ether oxygens (including phenoxy) is 2. The Balaban J connectivity index is 1.67. The summed E-state index contributed by atoms with van der Waals surface area (Å²) in [4.78, 5) is 35.1. The van der Waals surface area contributed by atoms with Gasteiger partial charge in [0.25, 0.3) is 11.4 Å². The number of nitro benzene ring substituents is 2. The fourth-order valence-corrected chi connectivity index (χ4v) is 4.98. The Bertz CT molecular complexity index is 1640. The molecule has 11 nitrogen and oxygen atoms in total. The Morgan fingerprint density at radius 2 is 1.38 bits per heavy atom. The minimum atomic E-state index is -1.55. The van der Waals surface area contributed by atoms with Gasteiger partial charge in [0.2, 0.25) is 0 Å². The van der Waals surface area contributed by atoms with Crippen LogP contribution in [-0.4, -0.2) is 26.0 Å². The Morgan fingerprint density at radius 3 is 1.97 bits per heavy atom. The van der Waals surface area contributed by atoms with E-state index >= 15 is 0 Å². The molecule has 0 saturated carbocycles. The maximum absolute atomic E-state index is 13.5. The fourth-order valence-electron chi connectivity index (χ4n) is 4.98. The van der Waals surface area contributed by atoms with Gasteiger partial charge in [-0.3, -0.25) is 20.2 Å². The van der Waals surface area contributed by atoms with Crippen molar-refractivity contribution in [3.63, 3.8) is 0 Å². The lowest BCUT2D eigenvalue weighted by atomic mass is 9.76. The van der Waals surface area contributed by atoms with E-state index in [-0.39, 0.29) is 39.7 Å². The predicted molar refractivity (Wildman–Crippen MR) is 127 cm³/mol. The lowest BCUT2D eigenvalue weighted by molar-refractivity contribution is -0.393. The standard InChI is InChI=1S/C26H14N2O9/c29-14-5-8-18-22(11-14)36-23-12-15(30)6-9-19(23)26(18)20-3-1-2-17(24(20)25(31)37-26)16-7-4-13(27(32)33)10-21(16)28(34)35/h1-12,29-30H. The molecular weight excluding hydrogens is 484 g/mol. The van der Waals surface area contributed by atoms with Crippen molar-refractivity contribution in [3.05, 3.63) is 115 Å². The quantitative estimate of drug-likeness (QED) is 0.221. The van der Waals surface area contributed by atoms with E-state index in [1.165, 1.54) is 36.4 Å². The topological polar surface area (TPSA) is 162 Å². The fraction of sp³-hybridized carbons (Fsp3) is 0.0385. The lowest BCUT2D eigenvalue weighted by Gasteiger charge is -2.36. The van der Waals surface area contributed by atoms with E-state index in [0.29, 0.717) is 16.7 Å². The summed E-state index contributed by atoms with van der Waals surface area (Å²) in [5.74, 6) is -0.608. The van der Waals surface area contributed by atoms with Gasteiger partial charge in [0, 0.05) is 40.5 Å². The van der Waals surface area contributed by atoms with Crippen molar-refractivity contribution in [1.82, 2.24) is 0 Å². The van der Waals surface area contributed by atoms with Crippen molar-refractivity contribution < 1.29 is 34.3 Å². The van der Waals surface area contributed by atoms with E-state index in [0.717, 1.165) is 12.1 Å². The van der Waals surface area contributed by atoms with Gasteiger partial charge in [-0.2, -0.15) is 0 Å². The van der Waals surface area contributed by atoms with Crippen LogP contribution in [0.1, 0.15) is 27.0 Å². The monoisotopic (exact) mass is 498 g/mol. The number of hydrogen-bond acceptors (Lipinski definition) is 9. The molecule has 0 aromatic heterocycles. The molecule has 0 atom stereocenters. The summed E-state index contributed by atoms with van der Waals surface area (Å²) >= 11 is 0. The number of nitro groups is 2. The molecule has 0 amide bonds. The highest BCUT2D eigenvalue weighted by atomic mass is 16.6. The van der Waals surface area contributed by atoms with Crippen molar-refractivity contribution in [1.29, 1.82) is 0 Å². The second-order valence-electron chi connectivity index (χ2n) is 8.48. The summed E-state index contributed by atoms with van der Waals surface area (Å²) in [5.41, 5.74) is -1.21. The van der Waals surface area contributed by atoms with Gasteiger partial charge in [0.1, 0.15) is 23.0 Å². The van der Waals surface area contributed by atoms with Gasteiger partial charge in [0.15, 0.2) is 5.60 Å². The highest BCUT2D eigenvalue weighted by Gasteiger charge is 2.54. The molecule has 6 rings (SSSR count). The van der Waals surface area contributed by atoms with Crippen LogP contribution in [-0.2, 0) is 10.3 Å². The molecule has 0 fully saturated rings. The number of aromatic hydroxyl groups is 2. The van der Waals surface area contributed by atoms with E-state index in [4.69, 9.17) is 9.47 Å². The van der Waals surface area contributed by atoms with Gasteiger partial charge < -0.3 is 19.7 Å². The average molecular weight is 498 g/mol. The molecule has 2 aliphatic heterocycles. The van der Waals surface area contributed by atoms with E-state index in [2.05, 4.69) is 0 Å². The molecular formula is C26H14N2O9. The highest BCUT2D eigenvalue weighted by molar-refractivity contribution is 6.04. The van der Waals surface area contributed by atoms with Crippen molar-refractivity contribution >= 4 is 17.3 Å². The molecule has 182 valence electrons. The molecule has 0 saturated heterocycles. The molecule has 2 N–H and O–H groups in total. The largest absolute Gasteiger partial charge is 0.508 e. The zero-order chi connectivity index (χ0) is 26.1. The van der Waals surface area contributed by atoms with Crippen molar-refractivity contribution in [2.75, 3.05) is 0 Å². The van der Waals surface area contributed by atoms with Gasteiger partial charge in [-0.25, -0.2) is 4.79 Å². The van der Waals surface area contributed by atoms with E-state index in [1.54, 1.807) is 24.3 Å². The third kappa shape index (κ3) is 3.04. The first-order valence-corrected chi connectivity index (χ1v) is 10.9. The first kappa shape index (κ1) is 22.0. The van der Waals surface area contributed by atoms with Crippen LogP contribution in [0.5, 0.6) is 23.0 Å². The number of fused-ring (bicyclic) bond motifs is 6. The number of nitrogens with zero attached hydrogens (tertiary/aromatic N) is 2. The minimum Gasteiger partial charge on any atom is -0.508 e. The number of phenolic OH excluding ortho intramolecular Hbond substituents is 2. The predicted octanol–water partition coefficient (Wildman–Crippen LogP) is 5.15. The zero-order valence-electron chi connectivity index (χ0n) is 18.6. The first-order chi connectivity index (χ1) is 17.7. The molecule has 1 spiro atoms. The lowest BCUT2D eigenvalue weighted by Crippen LogP contribution is -2.32. The molecule has 11 heteroatoms. The van der Waals surface area contributed by atoms with Gasteiger partial charge >= 0.3 is 5.97 Å². The van der Waals surface area contributed by atoms with Gasteiger partial charge in [-0.1, -0.05) is 18.2 Å². The van der Waals surface area contributed by atoms with Crippen LogP contribution in [0.25, 0.3) is 11.1 Å². The van der Waals surface area contributed by atoms with Gasteiger partial charge in [0.05, 0.1) is 27.0 Å². The number of carbonyl (C=O) groups excluding carboxylic acids is 1. The Hall–Kier alpha value is -5.45. The van der Waals surface area contributed by atoms with Crippen LogP contribution in [0.4, 0.5) is 11.4 Å². The van der Waals surface area contributed by atoms with Crippen molar-refractivity contribution in [2.45, 2.75) is 5.60 Å². The molecule has 2 aliphatic rings. The molecule has 0 aliphatic carbocycles. The number of hydrogen-bond donors (Lipinski definition) is 2. The van der Waals surface area contributed by atoms with Gasteiger partial charge in [-0.05, 0) is 30.3 Å². The summed E-state index contributed by atoms with van der Waals surface area (Å²) in [6, 6.07) is 16.5. The zero-order valence-corrected chi connectivity index (χ0v) is 18.6. The second kappa shape index (κ2) is 7.52. The molecule has 2 heterocycles. The number of carbonyl (C=O) groups is 1. The number of benzene rings is 4. The SMILES string of the molecule is O=C1OC2(c3ccc(O)cc3Oc3cc(O)ccc32)c2cccc(-c3ccc([N+](=O)[O-])cc3[N+](=O)[O-])c21. The van der Waals surface area contributed by atoms with Crippen LogP contribution in [0.15, 0.2) is 72.8 Å². The van der Waals surface area contributed by atoms with Gasteiger partial charge in [-0.15, -0.1) is 0 Å². The molecule has 0 unspecified atom stereocenters. The van der Waals surface area contributed by atoms with Crippen LogP contribution >= 0.6 is 0 Å². The van der Waals surface area contributed by atoms with Crippen molar-refractivity contribution in [3.8, 4) is 34.1 Å². The summed E-state index contributed by atoms with van der Waals surface area (Å²) in [7, 11) is 0. The molecule has 0 radical (unpaired) electrons. The second-order valence-corrected chi connectivity index (χ2v) is 8.48. The van der Waals surface area contributed by atoms with E-state index in [1.807, 2.05) is 0 Å². The number of rotatable bonds is 3. The van der Waals surface area contributed by atoms with Crippen LogP contribution in [0.2, 0.25) is 0 Å². The number of phenols is 2. The first-order valence-electron chi connectivity index (χ1n) is 10.9. The normalized spacial score (nSPS) is 14.2. The van der Waals surface area contributed by atoms with Crippen LogP contribution in [0, 0.1) is 20.2 Å². The van der Waals surface area contributed by atoms with Crippen LogP contribution in [0.3, 0.4) is 0 Å². The third-order valence-electron chi connectivity index (χ3n) is 6.48. The highest BCUT2D eigenvalue weighted by Crippen LogP contribution is 2.58. The number of esters is 1. The van der Waals surface area contributed by atoms with Crippen LogP contribution < -0.4 is 4.74 Å². The Morgan fingerprint density at radius 1 is 0.730 bits per heavy atom. The Labute approximate surface area is 207 Å². The molecule has 4 aromatic rings. The Kier molecular flexibility index (Phi) is 4.48.